The molecule has 0 fully saturated rings. The molecule has 0 unspecified atom stereocenters. The number of benzene rings is 3. The van der Waals surface area contributed by atoms with Gasteiger partial charge in [-0.05, 0) is 47.5 Å². The summed E-state index contributed by atoms with van der Waals surface area (Å²) in [5.74, 6) is 0.261. The van der Waals surface area contributed by atoms with E-state index in [2.05, 4.69) is 16.7 Å². The Kier molecular flexibility index (Phi) is 7.77. The largest absolute Gasteiger partial charge is 0.489 e. The van der Waals surface area contributed by atoms with Gasteiger partial charge in [0, 0.05) is 29.9 Å². The lowest BCUT2D eigenvalue weighted by molar-refractivity contribution is -0.111. The van der Waals surface area contributed by atoms with Crippen LogP contribution in [0.4, 0.5) is 5.69 Å². The zero-order chi connectivity index (χ0) is 22.8. The first-order valence-electron chi connectivity index (χ1n) is 10.1. The van der Waals surface area contributed by atoms with Crippen molar-refractivity contribution in [2.45, 2.75) is 13.0 Å². The number of ether oxygens (including phenoxy) is 1. The minimum atomic E-state index is -0.270. The van der Waals surface area contributed by atoms with E-state index in [-0.39, 0.29) is 11.8 Å². The van der Waals surface area contributed by atoms with Crippen LogP contribution >= 0.6 is 0 Å². The zero-order valence-corrected chi connectivity index (χ0v) is 17.7. The second-order valence-corrected chi connectivity index (χ2v) is 6.95. The predicted octanol–water partition coefficient (Wildman–Crippen LogP) is 4.34. The molecule has 3 rings (SSSR count). The number of hydrogen-bond donors (Lipinski definition) is 2. The molecular formula is C26H23N3O3. The van der Waals surface area contributed by atoms with Crippen molar-refractivity contribution in [2.75, 3.05) is 12.4 Å². The average Bonchev–Trinajstić information content (AvgIpc) is 2.83. The maximum absolute atomic E-state index is 12.4. The molecule has 0 aromatic heterocycles. The maximum Gasteiger partial charge on any atom is 0.251 e. The summed E-state index contributed by atoms with van der Waals surface area (Å²) in [6.07, 6.45) is 3.49. The van der Waals surface area contributed by atoms with Gasteiger partial charge in [0.05, 0.1) is 12.5 Å². The molecule has 160 valence electrons. The van der Waals surface area contributed by atoms with Crippen LogP contribution in [-0.4, -0.2) is 18.9 Å². The Bertz CT molecular complexity index is 1140. The summed E-state index contributed by atoms with van der Waals surface area (Å²) < 4.78 is 5.83. The van der Waals surface area contributed by atoms with Gasteiger partial charge in [0.1, 0.15) is 12.4 Å². The topological polar surface area (TPSA) is 91.2 Å². The van der Waals surface area contributed by atoms with Gasteiger partial charge in [0.25, 0.3) is 5.91 Å². The SMILES string of the molecule is CNC(=O)c1ccc(/C=C/C(=O)Nc2ccccc2COc2ccc(CC#N)cc2)cc1. The van der Waals surface area contributed by atoms with Crippen LogP contribution in [0, 0.1) is 11.3 Å². The summed E-state index contributed by atoms with van der Waals surface area (Å²) in [6, 6.07) is 23.9. The Morgan fingerprint density at radius 1 is 1.00 bits per heavy atom. The second-order valence-electron chi connectivity index (χ2n) is 6.95. The van der Waals surface area contributed by atoms with Crippen molar-refractivity contribution < 1.29 is 14.3 Å². The summed E-state index contributed by atoms with van der Waals surface area (Å²) in [4.78, 5) is 24.0. The summed E-state index contributed by atoms with van der Waals surface area (Å²) in [5.41, 5.74) is 3.80. The molecule has 0 aliphatic heterocycles. The van der Waals surface area contributed by atoms with Gasteiger partial charge in [0.15, 0.2) is 0 Å². The molecule has 0 saturated carbocycles. The summed E-state index contributed by atoms with van der Waals surface area (Å²) in [7, 11) is 1.58. The predicted molar refractivity (Wildman–Crippen MR) is 124 cm³/mol. The number of carbonyl (C=O) groups excluding carboxylic acids is 2. The van der Waals surface area contributed by atoms with Crippen LogP contribution in [0.5, 0.6) is 5.75 Å². The quantitative estimate of drug-likeness (QED) is 0.525. The molecule has 0 atom stereocenters. The summed E-state index contributed by atoms with van der Waals surface area (Å²) >= 11 is 0. The Morgan fingerprint density at radius 3 is 2.41 bits per heavy atom. The molecule has 0 saturated heterocycles. The maximum atomic E-state index is 12.4. The van der Waals surface area contributed by atoms with Gasteiger partial charge in [-0.25, -0.2) is 0 Å². The van der Waals surface area contributed by atoms with Crippen molar-refractivity contribution in [2.24, 2.45) is 0 Å². The Hall–Kier alpha value is -4.37. The van der Waals surface area contributed by atoms with E-state index in [0.717, 1.165) is 16.7 Å². The number of hydrogen-bond acceptors (Lipinski definition) is 4. The number of nitrogens with zero attached hydrogens (tertiary/aromatic N) is 1. The van der Waals surface area contributed by atoms with Gasteiger partial charge in [-0.2, -0.15) is 5.26 Å². The first-order valence-corrected chi connectivity index (χ1v) is 10.1. The van der Waals surface area contributed by atoms with Crippen molar-refractivity contribution in [3.8, 4) is 11.8 Å². The highest BCUT2D eigenvalue weighted by atomic mass is 16.5. The van der Waals surface area contributed by atoms with Gasteiger partial charge >= 0.3 is 0 Å². The number of para-hydroxylation sites is 1. The number of anilines is 1. The third kappa shape index (κ3) is 6.31. The van der Waals surface area contributed by atoms with Crippen LogP contribution in [0.25, 0.3) is 6.08 Å². The highest BCUT2D eigenvalue weighted by molar-refractivity contribution is 6.02. The molecule has 3 aromatic carbocycles. The highest BCUT2D eigenvalue weighted by Crippen LogP contribution is 2.19. The Morgan fingerprint density at radius 2 is 1.72 bits per heavy atom. The number of carbonyl (C=O) groups is 2. The number of nitrogens with one attached hydrogen (secondary N) is 2. The fraction of sp³-hybridized carbons (Fsp3) is 0.115. The first kappa shape index (κ1) is 22.3. The molecule has 0 radical (unpaired) electrons. The zero-order valence-electron chi connectivity index (χ0n) is 17.7. The summed E-state index contributed by atoms with van der Waals surface area (Å²) in [6.45, 7) is 0.290. The minimum absolute atomic E-state index is 0.157. The molecule has 0 bridgehead atoms. The molecule has 0 aliphatic rings. The van der Waals surface area contributed by atoms with Gasteiger partial charge in [-0.1, -0.05) is 42.5 Å². The lowest BCUT2D eigenvalue weighted by Gasteiger charge is -2.11. The molecular weight excluding hydrogens is 402 g/mol. The molecule has 0 heterocycles. The molecule has 0 spiro atoms. The molecule has 6 heteroatoms. The Balaban J connectivity index is 1.60. The van der Waals surface area contributed by atoms with E-state index in [9.17, 15) is 9.59 Å². The number of rotatable bonds is 8. The van der Waals surface area contributed by atoms with Crippen molar-refractivity contribution in [1.82, 2.24) is 5.32 Å². The highest BCUT2D eigenvalue weighted by Gasteiger charge is 2.06. The fourth-order valence-electron chi connectivity index (χ4n) is 2.96. The van der Waals surface area contributed by atoms with Crippen molar-refractivity contribution in [3.63, 3.8) is 0 Å². The van der Waals surface area contributed by atoms with Gasteiger partial charge in [-0.15, -0.1) is 0 Å². The van der Waals surface area contributed by atoms with E-state index in [1.165, 1.54) is 6.08 Å². The van der Waals surface area contributed by atoms with E-state index in [1.54, 1.807) is 37.4 Å². The van der Waals surface area contributed by atoms with E-state index >= 15 is 0 Å². The van der Waals surface area contributed by atoms with Gasteiger partial charge in [0.2, 0.25) is 5.91 Å². The normalized spacial score (nSPS) is 10.4. The standard InChI is InChI=1S/C26H23N3O3/c1-28-26(31)21-11-6-19(7-12-21)10-15-25(30)29-24-5-3-2-4-22(24)18-32-23-13-8-20(9-14-23)16-17-27/h2-15H,16,18H2,1H3,(H,28,31)(H,29,30)/b15-10+. The van der Waals surface area contributed by atoms with Crippen LogP contribution in [0.3, 0.4) is 0 Å². The average molecular weight is 425 g/mol. The van der Waals surface area contributed by atoms with Crippen LogP contribution < -0.4 is 15.4 Å². The van der Waals surface area contributed by atoms with Crippen molar-refractivity contribution in [3.05, 3.63) is 101 Å². The third-order valence-corrected chi connectivity index (χ3v) is 4.70. The van der Waals surface area contributed by atoms with Crippen LogP contribution in [0.2, 0.25) is 0 Å². The number of nitriles is 1. The molecule has 3 aromatic rings. The van der Waals surface area contributed by atoms with Gasteiger partial charge < -0.3 is 15.4 Å². The lowest BCUT2D eigenvalue weighted by Crippen LogP contribution is -2.17. The smallest absolute Gasteiger partial charge is 0.251 e. The molecule has 6 nitrogen and oxygen atoms in total. The van der Waals surface area contributed by atoms with E-state index < -0.39 is 0 Å². The fourth-order valence-corrected chi connectivity index (χ4v) is 2.96. The lowest BCUT2D eigenvalue weighted by atomic mass is 10.1. The van der Waals surface area contributed by atoms with Crippen LogP contribution in [-0.2, 0) is 17.8 Å². The monoisotopic (exact) mass is 425 g/mol. The molecule has 2 amide bonds. The van der Waals surface area contributed by atoms with E-state index in [0.29, 0.717) is 30.0 Å². The van der Waals surface area contributed by atoms with E-state index in [1.807, 2.05) is 48.5 Å². The minimum Gasteiger partial charge on any atom is -0.489 e. The molecule has 2 N–H and O–H groups in total. The van der Waals surface area contributed by atoms with Crippen molar-refractivity contribution >= 4 is 23.6 Å². The molecule has 32 heavy (non-hydrogen) atoms. The number of amides is 2. The first-order chi connectivity index (χ1) is 15.6. The summed E-state index contributed by atoms with van der Waals surface area (Å²) in [5, 5.41) is 14.2. The second kappa shape index (κ2) is 11.1. The molecule has 0 aliphatic carbocycles. The van der Waals surface area contributed by atoms with Gasteiger partial charge in [-0.3, -0.25) is 9.59 Å². The van der Waals surface area contributed by atoms with Crippen molar-refractivity contribution in [1.29, 1.82) is 5.26 Å². The van der Waals surface area contributed by atoms with E-state index in [4.69, 9.17) is 10.00 Å². The van der Waals surface area contributed by atoms with Crippen LogP contribution in [0.15, 0.2) is 78.9 Å². The third-order valence-electron chi connectivity index (χ3n) is 4.70. The van der Waals surface area contributed by atoms with Crippen LogP contribution in [0.1, 0.15) is 27.0 Å². The Labute approximate surface area is 187 Å².